The van der Waals surface area contributed by atoms with E-state index >= 15 is 0 Å². The number of hydrogen-bond donors (Lipinski definition) is 0. The molecule has 1 unspecified atom stereocenters. The van der Waals surface area contributed by atoms with Crippen LogP contribution in [0, 0.1) is 0 Å². The molecule has 0 radical (unpaired) electrons. The fourth-order valence-electron chi connectivity index (χ4n) is 6.98. The fraction of sp³-hybridized carbons (Fsp3) is 0.672. The average Bonchev–Trinajstić information content (AvgIpc) is 3.29. The maximum absolute atomic E-state index is 12.8. The lowest BCUT2D eigenvalue weighted by molar-refractivity contribution is -0.166. The molecule has 0 spiro atoms. The zero-order valence-electron chi connectivity index (χ0n) is 41.5. The molecule has 0 heterocycles. The van der Waals surface area contributed by atoms with E-state index in [-0.39, 0.29) is 37.5 Å². The molecule has 0 aliphatic carbocycles. The van der Waals surface area contributed by atoms with Crippen LogP contribution < -0.4 is 0 Å². The Morgan fingerprint density at radius 2 is 0.641 bits per heavy atom. The third-order valence-corrected chi connectivity index (χ3v) is 10.8. The predicted octanol–water partition coefficient (Wildman–Crippen LogP) is 17.4. The largest absolute Gasteiger partial charge is 0.462 e. The molecule has 0 amide bonds. The van der Waals surface area contributed by atoms with Crippen LogP contribution in [0.1, 0.15) is 233 Å². The number of carbonyl (C=O) groups is 3. The van der Waals surface area contributed by atoms with Crippen LogP contribution in [-0.2, 0) is 28.6 Å². The Bertz CT molecular complexity index is 1300. The number of esters is 3. The summed E-state index contributed by atoms with van der Waals surface area (Å²) in [5.41, 5.74) is 0. The van der Waals surface area contributed by atoms with Crippen LogP contribution in [-0.4, -0.2) is 37.2 Å². The molecule has 0 N–H and O–H groups in total. The topological polar surface area (TPSA) is 78.9 Å². The van der Waals surface area contributed by atoms with Crippen LogP contribution in [0.4, 0.5) is 0 Å². The van der Waals surface area contributed by atoms with Gasteiger partial charge in [-0.1, -0.05) is 227 Å². The Hall–Kier alpha value is -3.67. The third kappa shape index (κ3) is 49.3. The summed E-state index contributed by atoms with van der Waals surface area (Å²) in [6.45, 7) is 6.33. The summed E-state index contributed by atoms with van der Waals surface area (Å²) in [5.74, 6) is -1.00. The van der Waals surface area contributed by atoms with Gasteiger partial charge >= 0.3 is 17.9 Å². The van der Waals surface area contributed by atoms with E-state index in [4.69, 9.17) is 14.2 Å². The number of hydrogen-bond acceptors (Lipinski definition) is 6. The standard InChI is InChI=1S/C58H96O6/c1-4-7-10-13-16-19-22-25-27-28-29-30-31-34-36-39-42-45-48-51-57(60)63-54-55(53-62-56(59)50-47-44-41-38-35-32-24-21-18-15-12-9-6-3)64-58(61)52-49-46-43-40-37-33-26-23-20-17-14-11-8-5-2/h7,9-10,12,16,18-19,21,25,27,29-30,32,35,41,44,55H,4-6,8,11,13-15,17,20,22-24,26,28,31,33-34,36-40,42-43,45-54H2,1-3H3/b10-7-,12-9-,19-16-,21-18-,27-25-,30-29-,35-32-,44-41-. The molecule has 0 rings (SSSR count). The van der Waals surface area contributed by atoms with Crippen LogP contribution in [0.5, 0.6) is 0 Å². The molecular formula is C58H96O6. The molecule has 0 aromatic rings. The number of rotatable bonds is 46. The van der Waals surface area contributed by atoms with Gasteiger partial charge in [0.05, 0.1) is 0 Å². The summed E-state index contributed by atoms with van der Waals surface area (Å²) in [6.07, 6.45) is 68.3. The monoisotopic (exact) mass is 889 g/mol. The predicted molar refractivity (Wildman–Crippen MR) is 274 cm³/mol. The lowest BCUT2D eigenvalue weighted by atomic mass is 10.0. The zero-order valence-corrected chi connectivity index (χ0v) is 41.5. The van der Waals surface area contributed by atoms with E-state index in [0.717, 1.165) is 103 Å². The SMILES string of the molecule is CC/C=C\C/C=C\C/C=C\C/C=C\CCCCCCCCC(=O)OCC(COC(=O)CC/C=C\C/C=C\C/C=C\C/C=C\CC)OC(=O)CCCCCCCCCCCCCCCC. The van der Waals surface area contributed by atoms with Gasteiger partial charge < -0.3 is 14.2 Å². The van der Waals surface area contributed by atoms with E-state index in [0.29, 0.717) is 19.3 Å². The minimum Gasteiger partial charge on any atom is -0.462 e. The number of ether oxygens (including phenoxy) is 3. The van der Waals surface area contributed by atoms with Crippen molar-refractivity contribution in [2.24, 2.45) is 0 Å². The molecule has 0 fully saturated rings. The minimum absolute atomic E-state index is 0.106. The number of allylic oxidation sites excluding steroid dienone is 16. The molecule has 0 saturated carbocycles. The number of carbonyl (C=O) groups excluding carboxylic acids is 3. The van der Waals surface area contributed by atoms with Crippen LogP contribution in [0.15, 0.2) is 97.2 Å². The third-order valence-electron chi connectivity index (χ3n) is 10.8. The molecule has 0 aromatic heterocycles. The van der Waals surface area contributed by atoms with Gasteiger partial charge in [-0.15, -0.1) is 0 Å². The molecule has 0 saturated heterocycles. The Morgan fingerprint density at radius 1 is 0.328 bits per heavy atom. The van der Waals surface area contributed by atoms with E-state index in [2.05, 4.69) is 106 Å². The molecule has 6 nitrogen and oxygen atoms in total. The second kappa shape index (κ2) is 52.0. The molecule has 0 bridgehead atoms. The number of unbranched alkanes of at least 4 members (excludes halogenated alkanes) is 19. The van der Waals surface area contributed by atoms with Gasteiger partial charge in [-0.25, -0.2) is 0 Å². The molecule has 1 atom stereocenters. The first-order valence-corrected chi connectivity index (χ1v) is 26.2. The average molecular weight is 889 g/mol. The first kappa shape index (κ1) is 60.3. The first-order valence-electron chi connectivity index (χ1n) is 26.2. The highest BCUT2D eigenvalue weighted by atomic mass is 16.6. The van der Waals surface area contributed by atoms with Crippen molar-refractivity contribution in [1.82, 2.24) is 0 Å². The van der Waals surface area contributed by atoms with Crippen LogP contribution in [0.2, 0.25) is 0 Å². The van der Waals surface area contributed by atoms with E-state index in [1.807, 2.05) is 12.2 Å². The van der Waals surface area contributed by atoms with Gasteiger partial charge in [-0.05, 0) is 83.5 Å². The van der Waals surface area contributed by atoms with Crippen molar-refractivity contribution in [3.63, 3.8) is 0 Å². The van der Waals surface area contributed by atoms with Gasteiger partial charge in [0, 0.05) is 19.3 Å². The summed E-state index contributed by atoms with van der Waals surface area (Å²) in [4.78, 5) is 38.0. The highest BCUT2D eigenvalue weighted by molar-refractivity contribution is 5.71. The van der Waals surface area contributed by atoms with E-state index in [1.54, 1.807) is 0 Å². The highest BCUT2D eigenvalue weighted by Gasteiger charge is 2.19. The Labute approximate surface area is 394 Å². The van der Waals surface area contributed by atoms with Crippen molar-refractivity contribution in [3.05, 3.63) is 97.2 Å². The summed E-state index contributed by atoms with van der Waals surface area (Å²) >= 11 is 0. The van der Waals surface area contributed by atoms with Crippen molar-refractivity contribution in [1.29, 1.82) is 0 Å². The maximum atomic E-state index is 12.8. The van der Waals surface area contributed by atoms with Gasteiger partial charge in [-0.2, -0.15) is 0 Å². The van der Waals surface area contributed by atoms with Gasteiger partial charge in [0.25, 0.3) is 0 Å². The summed E-state index contributed by atoms with van der Waals surface area (Å²) in [5, 5.41) is 0. The first-order chi connectivity index (χ1) is 31.5. The Kier molecular flexibility index (Phi) is 49.0. The highest BCUT2D eigenvalue weighted by Crippen LogP contribution is 2.15. The summed E-state index contributed by atoms with van der Waals surface area (Å²) in [6, 6.07) is 0. The lowest BCUT2D eigenvalue weighted by Crippen LogP contribution is -2.30. The van der Waals surface area contributed by atoms with Crippen molar-refractivity contribution in [2.45, 2.75) is 239 Å². The fourth-order valence-corrected chi connectivity index (χ4v) is 6.98. The zero-order chi connectivity index (χ0) is 46.5. The van der Waals surface area contributed by atoms with E-state index in [9.17, 15) is 14.4 Å². The molecule has 364 valence electrons. The Balaban J connectivity index is 4.46. The molecule has 0 aliphatic heterocycles. The van der Waals surface area contributed by atoms with Gasteiger partial charge in [-0.3, -0.25) is 14.4 Å². The molecular weight excluding hydrogens is 793 g/mol. The van der Waals surface area contributed by atoms with Crippen molar-refractivity contribution in [2.75, 3.05) is 13.2 Å². The second-order valence-corrected chi connectivity index (χ2v) is 17.0. The van der Waals surface area contributed by atoms with E-state index < -0.39 is 6.10 Å². The van der Waals surface area contributed by atoms with Crippen molar-refractivity contribution >= 4 is 17.9 Å². The van der Waals surface area contributed by atoms with Crippen LogP contribution in [0.3, 0.4) is 0 Å². The lowest BCUT2D eigenvalue weighted by Gasteiger charge is -2.18. The Morgan fingerprint density at radius 3 is 1.05 bits per heavy atom. The van der Waals surface area contributed by atoms with Crippen molar-refractivity contribution in [3.8, 4) is 0 Å². The molecule has 6 heteroatoms. The summed E-state index contributed by atoms with van der Waals surface area (Å²) < 4.78 is 16.7. The van der Waals surface area contributed by atoms with Crippen molar-refractivity contribution < 1.29 is 28.6 Å². The van der Waals surface area contributed by atoms with Gasteiger partial charge in [0.1, 0.15) is 13.2 Å². The normalized spacial score (nSPS) is 12.9. The van der Waals surface area contributed by atoms with Crippen LogP contribution in [0.25, 0.3) is 0 Å². The molecule has 0 aliphatic rings. The van der Waals surface area contributed by atoms with Gasteiger partial charge in [0.15, 0.2) is 6.10 Å². The maximum Gasteiger partial charge on any atom is 0.306 e. The van der Waals surface area contributed by atoms with Crippen LogP contribution >= 0.6 is 0 Å². The second-order valence-electron chi connectivity index (χ2n) is 17.0. The quantitative estimate of drug-likeness (QED) is 0.0262. The molecule has 64 heavy (non-hydrogen) atoms. The van der Waals surface area contributed by atoms with Gasteiger partial charge in [0.2, 0.25) is 0 Å². The minimum atomic E-state index is -0.811. The summed E-state index contributed by atoms with van der Waals surface area (Å²) in [7, 11) is 0. The molecule has 0 aromatic carbocycles. The van der Waals surface area contributed by atoms with E-state index in [1.165, 1.54) is 83.5 Å². The smallest absolute Gasteiger partial charge is 0.306 e.